The zero-order valence-electron chi connectivity index (χ0n) is 22.1. The highest BCUT2D eigenvalue weighted by atomic mass is 32.2. The number of amides is 1. The molecule has 0 heterocycles. The number of sulfonamides is 1. The van der Waals surface area contributed by atoms with E-state index in [1.54, 1.807) is 12.1 Å². The molecular weight excluding hydrogens is 512 g/mol. The van der Waals surface area contributed by atoms with Gasteiger partial charge in [0.15, 0.2) is 0 Å². The molecule has 4 aromatic rings. The van der Waals surface area contributed by atoms with E-state index in [1.807, 2.05) is 68.4 Å². The maximum atomic E-state index is 13.2. The first-order valence-electron chi connectivity index (χ1n) is 13.0. The number of hydrogen-bond donors (Lipinski definition) is 1. The summed E-state index contributed by atoms with van der Waals surface area (Å²) in [7, 11) is -3.67. The SMILES string of the molecule is CCCN(CCC)S(=O)(=O)c1ccc(C(=O)Oc2cc3ccccc3cc2C(=O)NCc2ccccc2)cc1. The Morgan fingerprint density at radius 1 is 0.795 bits per heavy atom. The smallest absolute Gasteiger partial charge is 0.343 e. The van der Waals surface area contributed by atoms with Gasteiger partial charge < -0.3 is 10.1 Å². The average molecular weight is 545 g/mol. The summed E-state index contributed by atoms with van der Waals surface area (Å²) in [6, 6.07) is 26.1. The van der Waals surface area contributed by atoms with Gasteiger partial charge in [0.1, 0.15) is 5.75 Å². The highest BCUT2D eigenvalue weighted by Gasteiger charge is 2.24. The molecule has 0 fully saturated rings. The lowest BCUT2D eigenvalue weighted by molar-refractivity contribution is 0.0732. The largest absolute Gasteiger partial charge is 0.422 e. The van der Waals surface area contributed by atoms with Crippen molar-refractivity contribution >= 4 is 32.7 Å². The molecule has 4 rings (SSSR count). The Labute approximate surface area is 229 Å². The molecule has 0 spiro atoms. The van der Waals surface area contributed by atoms with Crippen molar-refractivity contribution in [3.63, 3.8) is 0 Å². The van der Waals surface area contributed by atoms with Crippen LogP contribution in [0.25, 0.3) is 10.8 Å². The number of benzene rings is 4. The van der Waals surface area contributed by atoms with E-state index in [2.05, 4.69) is 5.32 Å². The van der Waals surface area contributed by atoms with Gasteiger partial charge in [-0.3, -0.25) is 4.79 Å². The minimum atomic E-state index is -3.67. The Morgan fingerprint density at radius 3 is 2.00 bits per heavy atom. The third-order valence-electron chi connectivity index (χ3n) is 6.26. The molecule has 202 valence electrons. The highest BCUT2D eigenvalue weighted by molar-refractivity contribution is 7.89. The van der Waals surface area contributed by atoms with Gasteiger partial charge in [0, 0.05) is 19.6 Å². The van der Waals surface area contributed by atoms with Gasteiger partial charge in [0.05, 0.1) is 16.0 Å². The normalized spacial score (nSPS) is 11.5. The fourth-order valence-electron chi connectivity index (χ4n) is 4.28. The molecule has 7 nitrogen and oxygen atoms in total. The standard InChI is InChI=1S/C31H32N2O5S/c1-3-18-33(19-4-2)39(36,37)27-16-14-24(15-17-27)31(35)38-29-21-26-13-9-8-12-25(26)20-28(29)30(34)32-22-23-10-6-5-7-11-23/h5-17,20-21H,3-4,18-19,22H2,1-2H3,(H,32,34). The van der Waals surface area contributed by atoms with E-state index >= 15 is 0 Å². The molecule has 0 bridgehead atoms. The van der Waals surface area contributed by atoms with E-state index in [4.69, 9.17) is 4.74 Å². The minimum absolute atomic E-state index is 0.118. The maximum Gasteiger partial charge on any atom is 0.343 e. The minimum Gasteiger partial charge on any atom is -0.422 e. The van der Waals surface area contributed by atoms with Crippen LogP contribution in [0.1, 0.15) is 53.0 Å². The second-order valence-electron chi connectivity index (χ2n) is 9.18. The molecule has 0 atom stereocenters. The zero-order valence-corrected chi connectivity index (χ0v) is 22.9. The van der Waals surface area contributed by atoms with Gasteiger partial charge in [0.2, 0.25) is 10.0 Å². The number of ether oxygens (including phenoxy) is 1. The van der Waals surface area contributed by atoms with Crippen LogP contribution in [0.5, 0.6) is 5.75 Å². The Kier molecular flexibility index (Phi) is 9.11. The monoisotopic (exact) mass is 544 g/mol. The quantitative estimate of drug-likeness (QED) is 0.190. The Hall–Kier alpha value is -4.01. The molecule has 8 heteroatoms. The van der Waals surface area contributed by atoms with Crippen LogP contribution in [-0.4, -0.2) is 37.7 Å². The summed E-state index contributed by atoms with van der Waals surface area (Å²) in [5.74, 6) is -0.941. The van der Waals surface area contributed by atoms with E-state index in [0.717, 1.165) is 16.3 Å². The molecule has 39 heavy (non-hydrogen) atoms. The van der Waals surface area contributed by atoms with Gasteiger partial charge in [0.25, 0.3) is 5.91 Å². The number of nitrogens with zero attached hydrogens (tertiary/aromatic N) is 1. The fraction of sp³-hybridized carbons (Fsp3) is 0.226. The summed E-state index contributed by atoms with van der Waals surface area (Å²) in [6.07, 6.45) is 1.41. The molecule has 0 saturated carbocycles. The van der Waals surface area contributed by atoms with Crippen molar-refractivity contribution in [1.82, 2.24) is 9.62 Å². The second-order valence-corrected chi connectivity index (χ2v) is 11.1. The van der Waals surface area contributed by atoms with Gasteiger partial charge in [-0.1, -0.05) is 68.4 Å². The van der Waals surface area contributed by atoms with Crippen molar-refractivity contribution in [2.45, 2.75) is 38.1 Å². The van der Waals surface area contributed by atoms with E-state index in [-0.39, 0.29) is 27.7 Å². The van der Waals surface area contributed by atoms with Crippen molar-refractivity contribution in [3.05, 3.63) is 108 Å². The molecule has 0 saturated heterocycles. The molecule has 4 aromatic carbocycles. The van der Waals surface area contributed by atoms with Crippen molar-refractivity contribution < 1.29 is 22.7 Å². The summed E-state index contributed by atoms with van der Waals surface area (Å²) >= 11 is 0. The lowest BCUT2D eigenvalue weighted by Crippen LogP contribution is -2.32. The summed E-state index contributed by atoms with van der Waals surface area (Å²) in [6.45, 7) is 5.04. The van der Waals surface area contributed by atoms with Gasteiger partial charge in [-0.25, -0.2) is 13.2 Å². The highest BCUT2D eigenvalue weighted by Crippen LogP contribution is 2.27. The van der Waals surface area contributed by atoms with Crippen LogP contribution in [0, 0.1) is 0 Å². The van der Waals surface area contributed by atoms with Crippen molar-refractivity contribution in [2.24, 2.45) is 0 Å². The summed E-state index contributed by atoms with van der Waals surface area (Å²) in [5, 5.41) is 4.53. The van der Waals surface area contributed by atoms with Crippen LogP contribution in [-0.2, 0) is 16.6 Å². The number of fused-ring (bicyclic) bond motifs is 1. The molecule has 0 aromatic heterocycles. The average Bonchev–Trinajstić information content (AvgIpc) is 2.96. The lowest BCUT2D eigenvalue weighted by atomic mass is 10.0. The van der Waals surface area contributed by atoms with Gasteiger partial charge in [-0.2, -0.15) is 4.31 Å². The number of esters is 1. The second kappa shape index (κ2) is 12.7. The van der Waals surface area contributed by atoms with E-state index in [9.17, 15) is 18.0 Å². The first kappa shape index (κ1) is 28.0. The third-order valence-corrected chi connectivity index (χ3v) is 8.18. The third kappa shape index (κ3) is 6.71. The predicted molar refractivity (Wildman–Crippen MR) is 152 cm³/mol. The molecule has 0 unspecified atom stereocenters. The summed E-state index contributed by atoms with van der Waals surface area (Å²) < 4.78 is 33.3. The Morgan fingerprint density at radius 2 is 1.38 bits per heavy atom. The first-order chi connectivity index (χ1) is 18.8. The van der Waals surface area contributed by atoms with Crippen LogP contribution in [0.2, 0.25) is 0 Å². The number of carbonyl (C=O) groups excluding carboxylic acids is 2. The fourth-order valence-corrected chi connectivity index (χ4v) is 5.90. The molecular formula is C31H32N2O5S. The van der Waals surface area contributed by atoms with Crippen LogP contribution in [0.4, 0.5) is 0 Å². The Balaban J connectivity index is 1.57. The number of rotatable bonds is 11. The first-order valence-corrected chi connectivity index (χ1v) is 14.4. The van der Waals surface area contributed by atoms with Gasteiger partial charge in [-0.15, -0.1) is 0 Å². The maximum absolute atomic E-state index is 13.2. The molecule has 0 aliphatic rings. The number of hydrogen-bond acceptors (Lipinski definition) is 5. The topological polar surface area (TPSA) is 92.8 Å². The van der Waals surface area contributed by atoms with Crippen molar-refractivity contribution in [3.8, 4) is 5.75 Å². The van der Waals surface area contributed by atoms with Crippen molar-refractivity contribution in [1.29, 1.82) is 0 Å². The molecule has 0 aliphatic carbocycles. The molecule has 1 N–H and O–H groups in total. The summed E-state index contributed by atoms with van der Waals surface area (Å²) in [5.41, 5.74) is 1.35. The lowest BCUT2D eigenvalue weighted by Gasteiger charge is -2.21. The van der Waals surface area contributed by atoms with Crippen molar-refractivity contribution in [2.75, 3.05) is 13.1 Å². The van der Waals surface area contributed by atoms with Gasteiger partial charge in [-0.05, 0) is 65.6 Å². The number of carbonyl (C=O) groups is 2. The van der Waals surface area contributed by atoms with Crippen LogP contribution >= 0.6 is 0 Å². The van der Waals surface area contributed by atoms with E-state index in [1.165, 1.54) is 28.6 Å². The van der Waals surface area contributed by atoms with Crippen LogP contribution in [0.15, 0.2) is 95.9 Å². The molecule has 1 amide bonds. The Bertz CT molecular complexity index is 1550. The zero-order chi connectivity index (χ0) is 27.8. The number of nitrogens with one attached hydrogen (secondary N) is 1. The van der Waals surface area contributed by atoms with Gasteiger partial charge >= 0.3 is 5.97 Å². The van der Waals surface area contributed by atoms with E-state index in [0.29, 0.717) is 32.5 Å². The predicted octanol–water partition coefficient (Wildman–Crippen LogP) is 5.80. The van der Waals surface area contributed by atoms with Crippen LogP contribution in [0.3, 0.4) is 0 Å². The van der Waals surface area contributed by atoms with E-state index < -0.39 is 16.0 Å². The molecule has 0 radical (unpaired) electrons. The summed E-state index contributed by atoms with van der Waals surface area (Å²) in [4.78, 5) is 26.4. The van der Waals surface area contributed by atoms with Crippen LogP contribution < -0.4 is 10.1 Å². The molecule has 0 aliphatic heterocycles.